The molecule has 106 valence electrons. The summed E-state index contributed by atoms with van der Waals surface area (Å²) in [4.78, 5) is 18.7. The Hall–Kier alpha value is -1.84. The molecule has 2 heterocycles. The number of hydrogen-bond acceptors (Lipinski definition) is 2. The van der Waals surface area contributed by atoms with E-state index in [-0.39, 0.29) is 11.8 Å². The monoisotopic (exact) mass is 271 g/mol. The van der Waals surface area contributed by atoms with E-state index in [4.69, 9.17) is 4.98 Å². The fourth-order valence-corrected chi connectivity index (χ4v) is 3.12. The average Bonchev–Trinajstić information content (AvgIpc) is 3.00. The van der Waals surface area contributed by atoms with E-state index in [9.17, 15) is 4.79 Å². The van der Waals surface area contributed by atoms with E-state index in [2.05, 4.69) is 29.7 Å². The van der Waals surface area contributed by atoms with Gasteiger partial charge in [-0.3, -0.25) is 4.79 Å². The number of nitrogens with zero attached hydrogens (tertiary/aromatic N) is 3. The smallest absolute Gasteiger partial charge is 0.223 e. The van der Waals surface area contributed by atoms with Crippen molar-refractivity contribution >= 4 is 16.9 Å². The Kier molecular flexibility index (Phi) is 3.47. The van der Waals surface area contributed by atoms with Crippen LogP contribution in [-0.4, -0.2) is 33.4 Å². The zero-order valence-corrected chi connectivity index (χ0v) is 12.2. The zero-order chi connectivity index (χ0) is 14.1. The van der Waals surface area contributed by atoms with E-state index in [0.29, 0.717) is 6.42 Å². The zero-order valence-electron chi connectivity index (χ0n) is 12.2. The number of benzene rings is 1. The van der Waals surface area contributed by atoms with E-state index in [0.717, 1.165) is 37.4 Å². The number of para-hydroxylation sites is 2. The molecule has 0 bridgehead atoms. The molecule has 4 nitrogen and oxygen atoms in total. The molecule has 0 N–H and O–H groups in total. The molecular formula is C16H21N3O. The van der Waals surface area contributed by atoms with Crippen molar-refractivity contribution < 1.29 is 4.79 Å². The third-order valence-corrected chi connectivity index (χ3v) is 4.09. The molecule has 1 amide bonds. The van der Waals surface area contributed by atoms with Gasteiger partial charge in [0.2, 0.25) is 5.91 Å². The summed E-state index contributed by atoms with van der Waals surface area (Å²) in [5, 5.41) is 0. The highest BCUT2D eigenvalue weighted by atomic mass is 16.2. The third-order valence-electron chi connectivity index (χ3n) is 4.09. The number of fused-ring (bicyclic) bond motifs is 1. The molecule has 1 saturated heterocycles. The molecule has 0 spiro atoms. The SMILES string of the molecule is CCCn1c(C2CC(=O)N(CC)C2)nc2ccccc21. The topological polar surface area (TPSA) is 38.1 Å². The van der Waals surface area contributed by atoms with Crippen molar-refractivity contribution in [2.75, 3.05) is 13.1 Å². The third kappa shape index (κ3) is 2.09. The van der Waals surface area contributed by atoms with Crippen LogP contribution in [0.25, 0.3) is 11.0 Å². The summed E-state index contributed by atoms with van der Waals surface area (Å²) in [6.45, 7) is 6.78. The summed E-state index contributed by atoms with van der Waals surface area (Å²) in [7, 11) is 0. The molecule has 0 saturated carbocycles. The van der Waals surface area contributed by atoms with E-state index in [1.807, 2.05) is 17.9 Å². The molecule has 1 aliphatic heterocycles. The molecule has 1 aromatic carbocycles. The highest BCUT2D eigenvalue weighted by Crippen LogP contribution is 2.30. The van der Waals surface area contributed by atoms with Gasteiger partial charge >= 0.3 is 0 Å². The number of imidazole rings is 1. The predicted octanol–water partition coefficient (Wildman–Crippen LogP) is 2.78. The van der Waals surface area contributed by atoms with Crippen LogP contribution in [0, 0.1) is 0 Å². The van der Waals surface area contributed by atoms with Crippen LogP contribution in [-0.2, 0) is 11.3 Å². The van der Waals surface area contributed by atoms with Gasteiger partial charge in [0, 0.05) is 32.0 Å². The van der Waals surface area contributed by atoms with Gasteiger partial charge in [-0.2, -0.15) is 0 Å². The second-order valence-electron chi connectivity index (χ2n) is 5.44. The summed E-state index contributed by atoms with van der Waals surface area (Å²) in [6, 6.07) is 8.25. The Morgan fingerprint density at radius 1 is 1.30 bits per heavy atom. The molecular weight excluding hydrogens is 250 g/mol. The lowest BCUT2D eigenvalue weighted by molar-refractivity contribution is -0.127. The normalized spacial score (nSPS) is 19.2. The first-order chi connectivity index (χ1) is 9.74. The Bertz CT molecular complexity index is 632. The molecule has 1 unspecified atom stereocenters. The van der Waals surface area contributed by atoms with Crippen LogP contribution >= 0.6 is 0 Å². The van der Waals surface area contributed by atoms with E-state index in [1.54, 1.807) is 0 Å². The lowest BCUT2D eigenvalue weighted by atomic mass is 10.1. The largest absolute Gasteiger partial charge is 0.342 e. The summed E-state index contributed by atoms with van der Waals surface area (Å²) in [5.41, 5.74) is 2.23. The van der Waals surface area contributed by atoms with E-state index in [1.165, 1.54) is 5.52 Å². The first kappa shape index (κ1) is 13.2. The molecule has 20 heavy (non-hydrogen) atoms. The number of amides is 1. The number of aromatic nitrogens is 2. The lowest BCUT2D eigenvalue weighted by Crippen LogP contribution is -2.24. The van der Waals surface area contributed by atoms with Crippen LogP contribution in [0.3, 0.4) is 0 Å². The highest BCUT2D eigenvalue weighted by Gasteiger charge is 2.32. The lowest BCUT2D eigenvalue weighted by Gasteiger charge is -2.15. The second kappa shape index (κ2) is 5.27. The van der Waals surface area contributed by atoms with E-state index < -0.39 is 0 Å². The Morgan fingerprint density at radius 2 is 2.10 bits per heavy atom. The Morgan fingerprint density at radius 3 is 2.80 bits per heavy atom. The second-order valence-corrected chi connectivity index (χ2v) is 5.44. The van der Waals surface area contributed by atoms with Gasteiger partial charge in [-0.1, -0.05) is 19.1 Å². The maximum Gasteiger partial charge on any atom is 0.223 e. The first-order valence-corrected chi connectivity index (χ1v) is 7.47. The molecule has 3 rings (SSSR count). The van der Waals surface area contributed by atoms with Crippen LogP contribution in [0.15, 0.2) is 24.3 Å². The fraction of sp³-hybridized carbons (Fsp3) is 0.500. The van der Waals surface area contributed by atoms with Gasteiger partial charge in [-0.15, -0.1) is 0 Å². The van der Waals surface area contributed by atoms with Gasteiger partial charge in [-0.25, -0.2) is 4.98 Å². The predicted molar refractivity (Wildman–Crippen MR) is 79.6 cm³/mol. The maximum atomic E-state index is 12.0. The minimum atomic E-state index is 0.237. The van der Waals surface area contributed by atoms with Crippen molar-refractivity contribution in [3.63, 3.8) is 0 Å². The standard InChI is InChI=1S/C16H21N3O/c1-3-9-19-14-8-6-5-7-13(14)17-16(19)12-10-15(20)18(4-2)11-12/h5-8,12H,3-4,9-11H2,1-2H3. The van der Waals surface area contributed by atoms with Crippen LogP contribution in [0.4, 0.5) is 0 Å². The van der Waals surface area contributed by atoms with E-state index >= 15 is 0 Å². The summed E-state index contributed by atoms with van der Waals surface area (Å²) < 4.78 is 2.30. The average molecular weight is 271 g/mol. The number of aryl methyl sites for hydroxylation is 1. The number of likely N-dealkylation sites (tertiary alicyclic amines) is 1. The van der Waals surface area contributed by atoms with Gasteiger partial charge in [-0.05, 0) is 25.5 Å². The Balaban J connectivity index is 2.02. The molecule has 0 aliphatic carbocycles. The van der Waals surface area contributed by atoms with Crippen LogP contribution in [0.2, 0.25) is 0 Å². The molecule has 2 aromatic rings. The van der Waals surface area contributed by atoms with Crippen molar-refractivity contribution in [3.8, 4) is 0 Å². The number of hydrogen-bond donors (Lipinski definition) is 0. The molecule has 0 radical (unpaired) electrons. The minimum absolute atomic E-state index is 0.237. The quantitative estimate of drug-likeness (QED) is 0.857. The number of carbonyl (C=O) groups is 1. The van der Waals surface area contributed by atoms with Crippen molar-refractivity contribution in [1.82, 2.24) is 14.5 Å². The van der Waals surface area contributed by atoms with Crippen LogP contribution in [0.1, 0.15) is 38.4 Å². The van der Waals surface area contributed by atoms with Gasteiger partial charge in [0.1, 0.15) is 5.82 Å². The summed E-state index contributed by atoms with van der Waals surface area (Å²) in [6.07, 6.45) is 1.67. The molecule has 1 atom stereocenters. The fourth-order valence-electron chi connectivity index (χ4n) is 3.12. The summed E-state index contributed by atoms with van der Waals surface area (Å²) in [5.74, 6) is 1.58. The molecule has 1 aliphatic rings. The molecule has 1 fully saturated rings. The number of carbonyl (C=O) groups excluding carboxylic acids is 1. The molecule has 1 aromatic heterocycles. The minimum Gasteiger partial charge on any atom is -0.342 e. The van der Waals surface area contributed by atoms with Gasteiger partial charge in [0.25, 0.3) is 0 Å². The van der Waals surface area contributed by atoms with Crippen molar-refractivity contribution in [3.05, 3.63) is 30.1 Å². The van der Waals surface area contributed by atoms with Crippen LogP contribution < -0.4 is 0 Å². The highest BCUT2D eigenvalue weighted by molar-refractivity contribution is 5.80. The Labute approximate surface area is 119 Å². The van der Waals surface area contributed by atoms with Gasteiger partial charge in [0.05, 0.1) is 11.0 Å². The van der Waals surface area contributed by atoms with Crippen molar-refractivity contribution in [2.45, 2.75) is 39.2 Å². The number of likely N-dealkylation sites (N-methyl/N-ethyl adjacent to an activating group) is 1. The molecule has 4 heteroatoms. The van der Waals surface area contributed by atoms with Crippen LogP contribution in [0.5, 0.6) is 0 Å². The number of rotatable bonds is 4. The van der Waals surface area contributed by atoms with Gasteiger partial charge < -0.3 is 9.47 Å². The summed E-state index contributed by atoms with van der Waals surface area (Å²) >= 11 is 0. The first-order valence-electron chi connectivity index (χ1n) is 7.47. The van der Waals surface area contributed by atoms with Crippen molar-refractivity contribution in [2.24, 2.45) is 0 Å². The van der Waals surface area contributed by atoms with Crippen molar-refractivity contribution in [1.29, 1.82) is 0 Å². The van der Waals surface area contributed by atoms with Gasteiger partial charge in [0.15, 0.2) is 0 Å². The maximum absolute atomic E-state index is 12.0.